The highest BCUT2D eigenvalue weighted by molar-refractivity contribution is 7.07. The maximum absolute atomic E-state index is 14.1. The molecule has 6 rings (SSSR count). The van der Waals surface area contributed by atoms with Gasteiger partial charge in [0.15, 0.2) is 4.80 Å². The zero-order valence-corrected chi connectivity index (χ0v) is 25.5. The van der Waals surface area contributed by atoms with Crippen molar-refractivity contribution in [2.24, 2.45) is 4.99 Å². The van der Waals surface area contributed by atoms with Crippen molar-refractivity contribution in [3.63, 3.8) is 0 Å². The molecule has 0 spiro atoms. The maximum atomic E-state index is 14.1. The van der Waals surface area contributed by atoms with E-state index >= 15 is 0 Å². The lowest BCUT2D eigenvalue weighted by Crippen LogP contribution is -2.40. The molecular formula is C35H31N3O5S. The number of allylic oxidation sites excluding steroid dienone is 1. The lowest BCUT2D eigenvalue weighted by molar-refractivity contribution is -0.136. The molecule has 0 N–H and O–H groups in total. The molecule has 0 amide bonds. The van der Waals surface area contributed by atoms with Crippen LogP contribution in [0.1, 0.15) is 53.4 Å². The van der Waals surface area contributed by atoms with Gasteiger partial charge in [0.05, 0.1) is 41.1 Å². The Morgan fingerprint density at radius 2 is 1.68 bits per heavy atom. The van der Waals surface area contributed by atoms with Gasteiger partial charge < -0.3 is 14.0 Å². The summed E-state index contributed by atoms with van der Waals surface area (Å²) in [6.07, 6.45) is 4.46. The second kappa shape index (κ2) is 12.3. The first-order chi connectivity index (χ1) is 21.4. The highest BCUT2D eigenvalue weighted by Crippen LogP contribution is 2.32. The zero-order valence-electron chi connectivity index (χ0n) is 24.7. The fourth-order valence-electron chi connectivity index (χ4n) is 5.63. The molecule has 0 saturated carbocycles. The minimum Gasteiger partial charge on any atom is -0.466 e. The SMILES string of the molecule is CCOC(=O)c1ccc(Cn2cc(/C=c3/sc4n(c3=O)[C@@H](c3ccccc3)C(C(=O)OC)=C(CC)N=4)c3ccccc32)cc1. The minimum atomic E-state index is -0.643. The van der Waals surface area contributed by atoms with Crippen LogP contribution in [0.2, 0.25) is 0 Å². The number of ether oxygens (including phenoxy) is 2. The molecular weight excluding hydrogens is 574 g/mol. The molecule has 0 radical (unpaired) electrons. The van der Waals surface area contributed by atoms with Crippen LogP contribution in [-0.4, -0.2) is 34.8 Å². The maximum Gasteiger partial charge on any atom is 0.338 e. The third kappa shape index (κ3) is 5.31. The van der Waals surface area contributed by atoms with Crippen LogP contribution in [0, 0.1) is 0 Å². The average molecular weight is 606 g/mol. The summed E-state index contributed by atoms with van der Waals surface area (Å²) in [7, 11) is 1.35. The van der Waals surface area contributed by atoms with E-state index in [1.54, 1.807) is 23.6 Å². The summed E-state index contributed by atoms with van der Waals surface area (Å²) in [5, 5.41) is 1.01. The van der Waals surface area contributed by atoms with Crippen LogP contribution in [0.25, 0.3) is 17.0 Å². The number of methoxy groups -OCH3 is 1. The van der Waals surface area contributed by atoms with E-state index in [9.17, 15) is 14.4 Å². The van der Waals surface area contributed by atoms with Gasteiger partial charge in [-0.15, -0.1) is 0 Å². The highest BCUT2D eigenvalue weighted by Gasteiger charge is 2.33. The number of aromatic nitrogens is 2. The monoisotopic (exact) mass is 605 g/mol. The summed E-state index contributed by atoms with van der Waals surface area (Å²) in [6.45, 7) is 4.63. The van der Waals surface area contributed by atoms with Crippen molar-refractivity contribution in [3.05, 3.63) is 138 Å². The summed E-state index contributed by atoms with van der Waals surface area (Å²) in [4.78, 5) is 44.5. The van der Waals surface area contributed by atoms with E-state index in [2.05, 4.69) is 4.57 Å². The van der Waals surface area contributed by atoms with Gasteiger partial charge in [-0.1, -0.05) is 78.9 Å². The number of rotatable bonds is 8. The van der Waals surface area contributed by atoms with Crippen molar-refractivity contribution >= 4 is 40.3 Å². The van der Waals surface area contributed by atoms with Gasteiger partial charge in [-0.3, -0.25) is 9.36 Å². The van der Waals surface area contributed by atoms with Gasteiger partial charge in [0.1, 0.15) is 0 Å². The molecule has 1 aliphatic rings. The molecule has 5 aromatic rings. The Balaban J connectivity index is 1.45. The van der Waals surface area contributed by atoms with Crippen molar-refractivity contribution < 1.29 is 19.1 Å². The van der Waals surface area contributed by atoms with Gasteiger partial charge in [0.2, 0.25) is 0 Å². The Labute approximate surface area is 257 Å². The Hall–Kier alpha value is -5.02. The molecule has 3 aromatic carbocycles. The third-order valence-electron chi connectivity index (χ3n) is 7.69. The van der Waals surface area contributed by atoms with Gasteiger partial charge in [-0.2, -0.15) is 0 Å². The molecule has 8 nitrogen and oxygen atoms in total. The number of hydrogen-bond donors (Lipinski definition) is 0. The van der Waals surface area contributed by atoms with Gasteiger partial charge in [0.25, 0.3) is 5.56 Å². The van der Waals surface area contributed by atoms with E-state index in [0.717, 1.165) is 27.6 Å². The molecule has 0 aliphatic carbocycles. The normalized spacial score (nSPS) is 14.8. The van der Waals surface area contributed by atoms with Crippen molar-refractivity contribution in [2.75, 3.05) is 13.7 Å². The van der Waals surface area contributed by atoms with E-state index < -0.39 is 12.0 Å². The van der Waals surface area contributed by atoms with E-state index in [4.69, 9.17) is 14.5 Å². The Morgan fingerprint density at radius 3 is 2.39 bits per heavy atom. The average Bonchev–Trinajstić information content (AvgIpc) is 3.56. The highest BCUT2D eigenvalue weighted by atomic mass is 32.1. The molecule has 44 heavy (non-hydrogen) atoms. The van der Waals surface area contributed by atoms with Crippen LogP contribution < -0.4 is 14.9 Å². The molecule has 0 saturated heterocycles. The third-order valence-corrected chi connectivity index (χ3v) is 8.67. The van der Waals surface area contributed by atoms with Crippen LogP contribution in [0.3, 0.4) is 0 Å². The smallest absolute Gasteiger partial charge is 0.338 e. The largest absolute Gasteiger partial charge is 0.466 e. The van der Waals surface area contributed by atoms with E-state index in [1.165, 1.54) is 18.4 Å². The lowest BCUT2D eigenvalue weighted by atomic mass is 9.95. The number of nitrogens with zero attached hydrogens (tertiary/aromatic N) is 3. The van der Waals surface area contributed by atoms with Crippen molar-refractivity contribution in [2.45, 2.75) is 32.9 Å². The number of esters is 2. The molecule has 0 unspecified atom stereocenters. The lowest BCUT2D eigenvalue weighted by Gasteiger charge is -2.25. The second-order valence-corrected chi connectivity index (χ2v) is 11.4. The Bertz CT molecular complexity index is 2090. The first kappa shape index (κ1) is 29.1. The standard InChI is InChI=1S/C35H31N3O5S/c1-4-27-30(34(41)42-3)31(23-11-7-6-8-12-23)38-32(39)29(44-35(38)36-27)19-25-21-37(28-14-10-9-13-26(25)28)20-22-15-17-24(18-16-22)33(40)43-5-2/h6-19,21,31H,4-5,20H2,1-3H3/b29-19+/t31-/m0/s1. The Kier molecular flexibility index (Phi) is 8.13. The number of thiazole rings is 1. The molecule has 9 heteroatoms. The van der Waals surface area contributed by atoms with Crippen molar-refractivity contribution in [1.82, 2.24) is 9.13 Å². The van der Waals surface area contributed by atoms with Crippen LogP contribution in [0.15, 0.2) is 106 Å². The summed E-state index contributed by atoms with van der Waals surface area (Å²) in [6, 6.07) is 24.3. The number of benzene rings is 3. The predicted molar refractivity (Wildman–Crippen MR) is 170 cm³/mol. The zero-order chi connectivity index (χ0) is 30.8. The number of fused-ring (bicyclic) bond motifs is 2. The van der Waals surface area contributed by atoms with Crippen LogP contribution >= 0.6 is 11.3 Å². The van der Waals surface area contributed by atoms with Crippen molar-refractivity contribution in [1.29, 1.82) is 0 Å². The summed E-state index contributed by atoms with van der Waals surface area (Å²) in [5.41, 5.74) is 5.04. The summed E-state index contributed by atoms with van der Waals surface area (Å²) in [5.74, 6) is -0.833. The molecule has 222 valence electrons. The van der Waals surface area contributed by atoms with Gasteiger partial charge >= 0.3 is 11.9 Å². The molecule has 0 bridgehead atoms. The number of hydrogen-bond acceptors (Lipinski definition) is 7. The number of carbonyl (C=O) groups is 2. The molecule has 3 heterocycles. The predicted octanol–water partition coefficient (Wildman–Crippen LogP) is 4.98. The number of para-hydroxylation sites is 1. The van der Waals surface area contributed by atoms with E-state index in [-0.39, 0.29) is 11.5 Å². The van der Waals surface area contributed by atoms with Crippen LogP contribution in [0.5, 0.6) is 0 Å². The minimum absolute atomic E-state index is 0.217. The Morgan fingerprint density at radius 1 is 0.955 bits per heavy atom. The quantitative estimate of drug-likeness (QED) is 0.233. The molecule has 2 aromatic heterocycles. The first-order valence-corrected chi connectivity index (χ1v) is 15.3. The van der Waals surface area contributed by atoms with E-state index in [1.807, 2.05) is 85.9 Å². The van der Waals surface area contributed by atoms with Crippen molar-refractivity contribution in [3.8, 4) is 0 Å². The fourth-order valence-corrected chi connectivity index (χ4v) is 6.65. The summed E-state index contributed by atoms with van der Waals surface area (Å²) < 4.78 is 14.5. The van der Waals surface area contributed by atoms with E-state index in [0.29, 0.717) is 45.7 Å². The van der Waals surface area contributed by atoms with Gasteiger partial charge in [-0.25, -0.2) is 14.6 Å². The fraction of sp³-hybridized carbons (Fsp3) is 0.200. The molecule has 1 aliphatic heterocycles. The first-order valence-electron chi connectivity index (χ1n) is 14.5. The van der Waals surface area contributed by atoms with Crippen LogP contribution in [0.4, 0.5) is 0 Å². The second-order valence-electron chi connectivity index (χ2n) is 10.3. The number of carbonyl (C=O) groups excluding carboxylic acids is 2. The molecule has 1 atom stereocenters. The molecule has 0 fully saturated rings. The van der Waals surface area contributed by atoms with Crippen LogP contribution in [-0.2, 0) is 20.8 Å². The van der Waals surface area contributed by atoms with Gasteiger partial charge in [-0.05, 0) is 48.7 Å². The van der Waals surface area contributed by atoms with Gasteiger partial charge in [0, 0.05) is 29.2 Å². The summed E-state index contributed by atoms with van der Waals surface area (Å²) >= 11 is 1.31. The topological polar surface area (TPSA) is 91.9 Å².